The molecule has 0 amide bonds. The number of thioether (sulfide) groups is 1. The van der Waals surface area contributed by atoms with Crippen LogP contribution in [0.3, 0.4) is 0 Å². The van der Waals surface area contributed by atoms with E-state index in [-0.39, 0.29) is 0 Å². The maximum absolute atomic E-state index is 15.0. The third-order valence-electron chi connectivity index (χ3n) is 8.73. The Balaban J connectivity index is 1.86. The number of benzene rings is 3. The Morgan fingerprint density at radius 1 is 0.709 bits per heavy atom. The molecule has 6 atom stereocenters. The van der Waals surface area contributed by atoms with Crippen LogP contribution in [0.5, 0.6) is 0 Å². The van der Waals surface area contributed by atoms with Crippen molar-refractivity contribution < 1.29 is 64.4 Å². The zero-order chi connectivity index (χ0) is 40.3. The van der Waals surface area contributed by atoms with Crippen molar-refractivity contribution in [3.05, 3.63) is 126 Å². The summed E-state index contributed by atoms with van der Waals surface area (Å²) in [6, 6.07) is 20.6. The normalized spacial score (nSPS) is 23.5. The molecule has 3 aromatic rings. The van der Waals surface area contributed by atoms with Gasteiger partial charge in [-0.05, 0) is 56.5 Å². The van der Waals surface area contributed by atoms with Gasteiger partial charge in [-0.1, -0.05) is 84.9 Å². The van der Waals surface area contributed by atoms with E-state index in [0.717, 1.165) is 48.2 Å². The predicted octanol–water partition coefficient (Wildman–Crippen LogP) is 8.80. The van der Waals surface area contributed by atoms with Gasteiger partial charge in [-0.3, -0.25) is 4.79 Å². The molecule has 0 aliphatic carbocycles. The van der Waals surface area contributed by atoms with Gasteiger partial charge in [0.1, 0.15) is 12.2 Å². The molecule has 8 nitrogen and oxygen atoms in total. The standard InChI is InChI=1S/C40H40F6O8S/c1-27-16-8-4-13-21-30(53-35(48)37(50-2,39(41,42)43)28-17-9-5-10-18-28)24-25-32(33(26-34(47)52-27)55-31-22-14-7-15-23-31)54-36(49)38(51-3,40(44,45)46)29-19-11-6-12-20-29/h5-7,9-15,17-25,27,30,32-33H,4,8,16,26H2,1-3H3/b21-13+,25-24+/t27-,30+,32+,33+,37-,38-/m1/s1. The number of cyclic esters (lactones) is 1. The average Bonchev–Trinajstić information content (AvgIpc) is 3.13. The lowest BCUT2D eigenvalue weighted by atomic mass is 9.92. The molecule has 0 aromatic heterocycles. The van der Waals surface area contributed by atoms with Crippen molar-refractivity contribution in [2.24, 2.45) is 0 Å². The number of carbonyl (C=O) groups excluding carboxylic acids is 3. The van der Waals surface area contributed by atoms with Gasteiger partial charge in [-0.2, -0.15) is 26.3 Å². The topological polar surface area (TPSA) is 97.4 Å². The molecule has 0 saturated carbocycles. The van der Waals surface area contributed by atoms with Crippen LogP contribution in [0.1, 0.15) is 43.7 Å². The fourth-order valence-corrected chi connectivity index (χ4v) is 7.10. The van der Waals surface area contributed by atoms with E-state index in [1.54, 1.807) is 37.3 Å². The lowest BCUT2D eigenvalue weighted by Crippen LogP contribution is -2.53. The third-order valence-corrected chi connectivity index (χ3v) is 10.0. The lowest BCUT2D eigenvalue weighted by molar-refractivity contribution is -0.278. The van der Waals surface area contributed by atoms with E-state index < -0.39 is 82.6 Å². The van der Waals surface area contributed by atoms with Gasteiger partial charge in [0.15, 0.2) is 0 Å². The van der Waals surface area contributed by atoms with Crippen molar-refractivity contribution in [1.82, 2.24) is 0 Å². The number of carbonyl (C=O) groups is 3. The van der Waals surface area contributed by atoms with Crippen LogP contribution in [0, 0.1) is 0 Å². The van der Waals surface area contributed by atoms with Crippen LogP contribution in [0.25, 0.3) is 0 Å². The highest BCUT2D eigenvalue weighted by atomic mass is 32.2. The zero-order valence-electron chi connectivity index (χ0n) is 30.0. The second-order valence-electron chi connectivity index (χ2n) is 12.5. The summed E-state index contributed by atoms with van der Waals surface area (Å²) in [4.78, 5) is 41.4. The van der Waals surface area contributed by atoms with Crippen LogP contribution in [0.4, 0.5) is 26.3 Å². The first-order chi connectivity index (χ1) is 26.1. The number of ether oxygens (including phenoxy) is 5. The van der Waals surface area contributed by atoms with Gasteiger partial charge in [0, 0.05) is 30.2 Å². The number of alkyl halides is 6. The summed E-state index contributed by atoms with van der Waals surface area (Å²) in [6.07, 6.45) is -8.94. The predicted molar refractivity (Wildman–Crippen MR) is 191 cm³/mol. The van der Waals surface area contributed by atoms with Crippen LogP contribution in [-0.4, -0.2) is 68.0 Å². The van der Waals surface area contributed by atoms with Crippen molar-refractivity contribution in [3.63, 3.8) is 0 Å². The number of hydrogen-bond donors (Lipinski definition) is 0. The van der Waals surface area contributed by atoms with Crippen molar-refractivity contribution >= 4 is 29.7 Å². The molecule has 0 radical (unpaired) electrons. The van der Waals surface area contributed by atoms with Crippen molar-refractivity contribution in [2.45, 2.75) is 84.6 Å². The van der Waals surface area contributed by atoms with Crippen molar-refractivity contribution in [2.75, 3.05) is 14.2 Å². The van der Waals surface area contributed by atoms with Gasteiger partial charge in [-0.15, -0.1) is 11.8 Å². The molecule has 15 heteroatoms. The number of methoxy groups -OCH3 is 2. The second-order valence-corrected chi connectivity index (χ2v) is 13.8. The summed E-state index contributed by atoms with van der Waals surface area (Å²) in [5, 5.41) is -1.18. The van der Waals surface area contributed by atoms with Crippen molar-refractivity contribution in [1.29, 1.82) is 0 Å². The molecule has 3 aromatic carbocycles. The van der Waals surface area contributed by atoms with Gasteiger partial charge in [0.2, 0.25) is 0 Å². The van der Waals surface area contributed by atoms with E-state index in [9.17, 15) is 40.7 Å². The summed E-state index contributed by atoms with van der Waals surface area (Å²) in [7, 11) is 1.40. The molecular weight excluding hydrogens is 754 g/mol. The molecule has 296 valence electrons. The molecule has 0 N–H and O–H groups in total. The molecule has 0 bridgehead atoms. The minimum absolute atomic E-state index is 0.321. The Labute approximate surface area is 318 Å². The summed E-state index contributed by atoms with van der Waals surface area (Å²) < 4.78 is 116. The van der Waals surface area contributed by atoms with E-state index in [0.29, 0.717) is 38.4 Å². The first kappa shape index (κ1) is 43.1. The van der Waals surface area contributed by atoms with Crippen molar-refractivity contribution in [3.8, 4) is 0 Å². The largest absolute Gasteiger partial charge is 0.463 e. The number of allylic oxidation sites excluding steroid dienone is 1. The Morgan fingerprint density at radius 3 is 1.69 bits per heavy atom. The van der Waals surface area contributed by atoms with Gasteiger partial charge >= 0.3 is 30.3 Å². The number of hydrogen-bond acceptors (Lipinski definition) is 9. The maximum atomic E-state index is 15.0. The molecule has 55 heavy (non-hydrogen) atoms. The van der Waals surface area contributed by atoms with Gasteiger partial charge in [0.25, 0.3) is 11.2 Å². The van der Waals surface area contributed by atoms with Crippen LogP contribution in [0.15, 0.2) is 120 Å². The molecular formula is C40H40F6O8S. The summed E-state index contributed by atoms with van der Waals surface area (Å²) in [5.74, 6) is -4.48. The van der Waals surface area contributed by atoms with E-state index >= 15 is 0 Å². The van der Waals surface area contributed by atoms with E-state index in [2.05, 4.69) is 0 Å². The highest BCUT2D eigenvalue weighted by Gasteiger charge is 2.65. The van der Waals surface area contributed by atoms with Gasteiger partial charge in [0.05, 0.1) is 17.8 Å². The quantitative estimate of drug-likeness (QED) is 0.0864. The smallest absolute Gasteiger partial charge is 0.432 e. The number of rotatable bonds is 10. The monoisotopic (exact) mass is 794 g/mol. The van der Waals surface area contributed by atoms with Gasteiger partial charge in [-0.25, -0.2) is 9.59 Å². The summed E-state index contributed by atoms with van der Waals surface area (Å²) in [5.41, 5.74) is -8.36. The Kier molecular flexibility index (Phi) is 14.8. The van der Waals surface area contributed by atoms with Gasteiger partial charge < -0.3 is 23.7 Å². The molecule has 0 unspecified atom stereocenters. The first-order valence-corrected chi connectivity index (χ1v) is 18.0. The fraction of sp³-hybridized carbons (Fsp3) is 0.375. The summed E-state index contributed by atoms with van der Waals surface area (Å²) in [6.45, 7) is 1.65. The third kappa shape index (κ3) is 10.2. The number of esters is 3. The first-order valence-electron chi connectivity index (χ1n) is 17.1. The van der Waals surface area contributed by atoms with Crippen LogP contribution >= 0.6 is 11.8 Å². The SMILES string of the molecule is CO[C@@](C(=O)O[C@H]1/C=C/CCC[C@@H](C)OC(=O)C[C@H](Sc2ccccc2)[C@@H](OC(=O)[C@](OC)(c2ccccc2)C(F)(F)F)/C=C/1)(c1ccccc1)C(F)(F)F. The maximum Gasteiger partial charge on any atom is 0.432 e. The second kappa shape index (κ2) is 18.8. The Hall–Kier alpha value is -4.60. The van der Waals surface area contributed by atoms with Crippen LogP contribution < -0.4 is 0 Å². The molecule has 0 spiro atoms. The Bertz CT molecular complexity index is 1770. The molecule has 1 heterocycles. The molecule has 1 aliphatic heterocycles. The van der Waals surface area contributed by atoms with Crippen LogP contribution in [0.2, 0.25) is 0 Å². The highest BCUT2D eigenvalue weighted by molar-refractivity contribution is 8.00. The van der Waals surface area contributed by atoms with E-state index in [1.807, 2.05) is 0 Å². The highest BCUT2D eigenvalue weighted by Crippen LogP contribution is 2.45. The molecule has 1 aliphatic rings. The number of halogens is 6. The lowest BCUT2D eigenvalue weighted by Gasteiger charge is -2.35. The van der Waals surface area contributed by atoms with Crippen LogP contribution in [-0.2, 0) is 49.3 Å². The minimum Gasteiger partial charge on any atom is -0.463 e. The van der Waals surface area contributed by atoms with E-state index in [4.69, 9.17) is 23.7 Å². The summed E-state index contributed by atoms with van der Waals surface area (Å²) >= 11 is 0.979. The fourth-order valence-electron chi connectivity index (χ4n) is 5.94. The Morgan fingerprint density at radius 2 is 1.20 bits per heavy atom. The minimum atomic E-state index is -5.36. The molecule has 0 fully saturated rings. The molecule has 4 rings (SSSR count). The zero-order valence-corrected chi connectivity index (χ0v) is 30.9. The van der Waals surface area contributed by atoms with E-state index in [1.165, 1.54) is 48.6 Å². The average molecular weight is 795 g/mol. The molecule has 0 saturated heterocycles.